The van der Waals surface area contributed by atoms with Gasteiger partial charge in [-0.1, -0.05) is 11.6 Å². The molecule has 0 amide bonds. The molecule has 16 heavy (non-hydrogen) atoms. The molecule has 0 aromatic carbocycles. The van der Waals surface area contributed by atoms with Gasteiger partial charge in [0.1, 0.15) is 29.5 Å². The Labute approximate surface area is 105 Å². The molecular weight excluding hydrogens is 295 g/mol. The molecule has 2 aromatic rings. The zero-order valence-electron chi connectivity index (χ0n) is 8.11. The molecule has 8 heteroatoms. The van der Waals surface area contributed by atoms with Crippen molar-refractivity contribution in [2.24, 2.45) is 0 Å². The number of hydrogen-bond acceptors (Lipinski definition) is 5. The first-order valence-corrected chi connectivity index (χ1v) is 5.68. The van der Waals surface area contributed by atoms with Gasteiger partial charge in [-0.15, -0.1) is 0 Å². The highest BCUT2D eigenvalue weighted by molar-refractivity contribution is 9.10. The Hall–Kier alpha value is -1.21. The Morgan fingerprint density at radius 2 is 2.19 bits per heavy atom. The van der Waals surface area contributed by atoms with Crippen LogP contribution in [0.5, 0.6) is 0 Å². The normalized spacial score (nSPS) is 10.4. The molecule has 0 atom stereocenters. The Balaban J connectivity index is 1.92. The molecule has 2 N–H and O–H groups in total. The third kappa shape index (κ3) is 2.67. The second-order valence-electron chi connectivity index (χ2n) is 2.94. The summed E-state index contributed by atoms with van der Waals surface area (Å²) in [7, 11) is 0. The highest BCUT2D eigenvalue weighted by Gasteiger charge is 2.05. The summed E-state index contributed by atoms with van der Waals surface area (Å²) in [5, 5.41) is 10.0. The van der Waals surface area contributed by atoms with E-state index in [1.165, 1.54) is 12.7 Å². The number of halogens is 2. The molecule has 2 rings (SSSR count). The molecule has 0 aliphatic rings. The topological polar surface area (TPSA) is 79.4 Å². The zero-order valence-corrected chi connectivity index (χ0v) is 10.5. The number of rotatable bonds is 4. The van der Waals surface area contributed by atoms with E-state index < -0.39 is 0 Å². The number of nitrogens with one attached hydrogen (secondary N) is 2. The highest BCUT2D eigenvalue weighted by Crippen LogP contribution is 2.25. The Bertz CT molecular complexity index is 460. The lowest BCUT2D eigenvalue weighted by Crippen LogP contribution is -2.08. The van der Waals surface area contributed by atoms with Crippen LogP contribution in [0.15, 0.2) is 17.1 Å². The number of aromatic amines is 1. The summed E-state index contributed by atoms with van der Waals surface area (Å²) in [4.78, 5) is 11.9. The van der Waals surface area contributed by atoms with Gasteiger partial charge in [-0.3, -0.25) is 5.10 Å². The number of aromatic nitrogens is 5. The Morgan fingerprint density at radius 3 is 2.94 bits per heavy atom. The summed E-state index contributed by atoms with van der Waals surface area (Å²) in [5.74, 6) is 1.49. The summed E-state index contributed by atoms with van der Waals surface area (Å²) in [6.07, 6.45) is 3.62. The van der Waals surface area contributed by atoms with Crippen molar-refractivity contribution in [2.75, 3.05) is 11.9 Å². The van der Waals surface area contributed by atoms with E-state index in [1.807, 2.05) is 0 Å². The van der Waals surface area contributed by atoms with Crippen LogP contribution < -0.4 is 5.32 Å². The molecule has 0 spiro atoms. The zero-order chi connectivity index (χ0) is 11.4. The van der Waals surface area contributed by atoms with Gasteiger partial charge in [0.15, 0.2) is 0 Å². The van der Waals surface area contributed by atoms with Crippen molar-refractivity contribution in [3.05, 3.63) is 28.1 Å². The summed E-state index contributed by atoms with van der Waals surface area (Å²) in [5.41, 5.74) is 0. The predicted molar refractivity (Wildman–Crippen MR) is 63.3 cm³/mol. The van der Waals surface area contributed by atoms with E-state index >= 15 is 0 Å². The largest absolute Gasteiger partial charge is 0.369 e. The van der Waals surface area contributed by atoms with Crippen molar-refractivity contribution in [2.45, 2.75) is 6.42 Å². The SMILES string of the molecule is Clc1ncnc(NCCc2ncn[nH]2)c1Br. The molecule has 2 aromatic heterocycles. The molecule has 0 fully saturated rings. The minimum Gasteiger partial charge on any atom is -0.369 e. The van der Waals surface area contributed by atoms with Crippen molar-refractivity contribution in [1.29, 1.82) is 0 Å². The van der Waals surface area contributed by atoms with Crippen LogP contribution in [0.2, 0.25) is 5.15 Å². The van der Waals surface area contributed by atoms with Gasteiger partial charge in [-0.2, -0.15) is 5.10 Å². The van der Waals surface area contributed by atoms with Gasteiger partial charge < -0.3 is 5.32 Å². The van der Waals surface area contributed by atoms with Crippen LogP contribution in [0.25, 0.3) is 0 Å². The van der Waals surface area contributed by atoms with Gasteiger partial charge in [0.05, 0.1) is 4.47 Å². The molecule has 0 saturated heterocycles. The molecule has 0 aliphatic heterocycles. The Morgan fingerprint density at radius 1 is 1.31 bits per heavy atom. The van der Waals surface area contributed by atoms with Crippen molar-refractivity contribution < 1.29 is 0 Å². The highest BCUT2D eigenvalue weighted by atomic mass is 79.9. The quantitative estimate of drug-likeness (QED) is 0.840. The lowest BCUT2D eigenvalue weighted by atomic mass is 10.4. The van der Waals surface area contributed by atoms with Crippen LogP contribution in [0, 0.1) is 0 Å². The standard InChI is InChI=1S/C8H8BrClN6/c9-6-7(10)13-3-14-8(6)11-2-1-5-12-4-15-16-5/h3-4H,1-2H2,(H,11,13,14)(H,12,15,16). The predicted octanol–water partition coefficient (Wildman–Crippen LogP) is 1.67. The van der Waals surface area contributed by atoms with Crippen molar-refractivity contribution in [1.82, 2.24) is 25.1 Å². The number of H-pyrrole nitrogens is 1. The minimum atomic E-state index is 0.386. The summed E-state index contributed by atoms with van der Waals surface area (Å²) < 4.78 is 0.661. The lowest BCUT2D eigenvalue weighted by Gasteiger charge is -2.06. The monoisotopic (exact) mass is 302 g/mol. The summed E-state index contributed by atoms with van der Waals surface area (Å²) >= 11 is 9.13. The van der Waals surface area contributed by atoms with E-state index in [-0.39, 0.29) is 0 Å². The van der Waals surface area contributed by atoms with Gasteiger partial charge in [-0.05, 0) is 15.9 Å². The fourth-order valence-corrected chi connectivity index (χ4v) is 1.60. The molecule has 6 nitrogen and oxygen atoms in total. The van der Waals surface area contributed by atoms with Gasteiger partial charge in [0, 0.05) is 13.0 Å². The Kier molecular flexibility index (Phi) is 3.68. The molecule has 0 radical (unpaired) electrons. The molecule has 0 unspecified atom stereocenters. The fourth-order valence-electron chi connectivity index (χ4n) is 1.12. The van der Waals surface area contributed by atoms with Crippen molar-refractivity contribution in [3.8, 4) is 0 Å². The maximum Gasteiger partial charge on any atom is 0.148 e. The van der Waals surface area contributed by atoms with Gasteiger partial charge in [-0.25, -0.2) is 15.0 Å². The summed E-state index contributed by atoms with van der Waals surface area (Å²) in [6, 6.07) is 0. The lowest BCUT2D eigenvalue weighted by molar-refractivity contribution is 0.895. The second kappa shape index (κ2) is 5.22. The average molecular weight is 304 g/mol. The van der Waals surface area contributed by atoms with Gasteiger partial charge >= 0.3 is 0 Å². The van der Waals surface area contributed by atoms with E-state index in [9.17, 15) is 0 Å². The van der Waals surface area contributed by atoms with Crippen molar-refractivity contribution >= 4 is 33.3 Å². The first-order valence-electron chi connectivity index (χ1n) is 4.51. The molecule has 0 aliphatic carbocycles. The number of hydrogen-bond donors (Lipinski definition) is 2. The average Bonchev–Trinajstić information content (AvgIpc) is 2.77. The van der Waals surface area contributed by atoms with Crippen LogP contribution in [-0.2, 0) is 6.42 Å². The van der Waals surface area contributed by atoms with E-state index in [4.69, 9.17) is 11.6 Å². The maximum absolute atomic E-state index is 5.83. The molecule has 0 bridgehead atoms. The van der Waals surface area contributed by atoms with E-state index in [0.717, 1.165) is 12.2 Å². The molecular formula is C8H8BrClN6. The fraction of sp³-hybridized carbons (Fsp3) is 0.250. The summed E-state index contributed by atoms with van der Waals surface area (Å²) in [6.45, 7) is 0.682. The van der Waals surface area contributed by atoms with E-state index in [2.05, 4.69) is 46.4 Å². The maximum atomic E-state index is 5.83. The molecule has 84 valence electrons. The van der Waals surface area contributed by atoms with Crippen LogP contribution in [0.3, 0.4) is 0 Å². The minimum absolute atomic E-state index is 0.386. The second-order valence-corrected chi connectivity index (χ2v) is 4.09. The first kappa shape index (κ1) is 11.3. The van der Waals surface area contributed by atoms with Crippen LogP contribution in [-0.4, -0.2) is 31.7 Å². The van der Waals surface area contributed by atoms with Crippen molar-refractivity contribution in [3.63, 3.8) is 0 Å². The van der Waals surface area contributed by atoms with Crippen LogP contribution in [0.4, 0.5) is 5.82 Å². The third-order valence-electron chi connectivity index (χ3n) is 1.87. The van der Waals surface area contributed by atoms with Gasteiger partial charge in [0.25, 0.3) is 0 Å². The van der Waals surface area contributed by atoms with Gasteiger partial charge in [0.2, 0.25) is 0 Å². The van der Waals surface area contributed by atoms with E-state index in [0.29, 0.717) is 22.0 Å². The third-order valence-corrected chi connectivity index (χ3v) is 3.13. The van der Waals surface area contributed by atoms with E-state index in [1.54, 1.807) is 0 Å². The van der Waals surface area contributed by atoms with Crippen LogP contribution >= 0.6 is 27.5 Å². The number of nitrogens with zero attached hydrogens (tertiary/aromatic N) is 4. The smallest absolute Gasteiger partial charge is 0.148 e. The first-order chi connectivity index (χ1) is 7.77. The molecule has 0 saturated carbocycles. The molecule has 2 heterocycles. The number of anilines is 1. The van der Waals surface area contributed by atoms with Crippen LogP contribution in [0.1, 0.15) is 5.82 Å².